The molecule has 2 aliphatic rings. The molecule has 0 saturated carbocycles. The van der Waals surface area contributed by atoms with Crippen molar-refractivity contribution in [3.8, 4) is 0 Å². The van der Waals surface area contributed by atoms with Crippen molar-refractivity contribution in [2.24, 2.45) is 0 Å². The molecule has 2 rings (SSSR count). The van der Waals surface area contributed by atoms with Crippen LogP contribution >= 0.6 is 0 Å². The number of hydrogen-bond acceptors (Lipinski definition) is 2. The fourth-order valence-corrected chi connectivity index (χ4v) is 4.21. The van der Waals surface area contributed by atoms with Crippen molar-refractivity contribution in [3.63, 3.8) is 0 Å². The Morgan fingerprint density at radius 3 is 2.44 bits per heavy atom. The van der Waals surface area contributed by atoms with Crippen LogP contribution in [0.2, 0.25) is 0 Å². The van der Waals surface area contributed by atoms with Crippen LogP contribution in [0.25, 0.3) is 0 Å². The Bertz CT molecular complexity index is 449. The van der Waals surface area contributed by atoms with Crippen LogP contribution in [0.15, 0.2) is 11.6 Å². The molecule has 0 aliphatic carbocycles. The predicted octanol–water partition coefficient (Wildman–Crippen LogP) is 6.62. The molecule has 1 fully saturated rings. The summed E-state index contributed by atoms with van der Waals surface area (Å²) in [5, 5.41) is 0. The van der Waals surface area contributed by atoms with Crippen molar-refractivity contribution in [2.75, 3.05) is 0 Å². The smallest absolute Gasteiger partial charge is 0.411 e. The normalized spacial score (nSPS) is 23.4. The zero-order valence-electron chi connectivity index (χ0n) is 17.0. The zero-order chi connectivity index (χ0) is 18.3. The first kappa shape index (κ1) is 20.3. The highest BCUT2D eigenvalue weighted by Crippen LogP contribution is 2.36. The quantitative estimate of drug-likeness (QED) is 0.364. The molecule has 2 aliphatic heterocycles. The molecule has 0 N–H and O–H groups in total. The Hall–Kier alpha value is -0.990. The first-order valence-corrected chi connectivity index (χ1v) is 10.6. The fourth-order valence-electron chi connectivity index (χ4n) is 4.21. The van der Waals surface area contributed by atoms with E-state index in [1.54, 1.807) is 5.57 Å². The number of carbonyl (C=O) groups excluding carboxylic acids is 1. The van der Waals surface area contributed by atoms with Gasteiger partial charge < -0.3 is 4.74 Å². The molecule has 0 aromatic heterocycles. The molecule has 3 heteroatoms. The maximum Gasteiger partial charge on any atom is 0.411 e. The highest BCUT2D eigenvalue weighted by Gasteiger charge is 2.38. The summed E-state index contributed by atoms with van der Waals surface area (Å²) in [5.41, 5.74) is 1.18. The van der Waals surface area contributed by atoms with Gasteiger partial charge in [0, 0.05) is 6.04 Å². The highest BCUT2D eigenvalue weighted by atomic mass is 16.6. The molecule has 2 atom stereocenters. The molecular weight excluding hydrogens is 310 g/mol. The predicted molar refractivity (Wildman–Crippen MR) is 105 cm³/mol. The second kappa shape index (κ2) is 9.64. The van der Waals surface area contributed by atoms with E-state index in [9.17, 15) is 4.79 Å². The maximum atomic E-state index is 12.6. The summed E-state index contributed by atoms with van der Waals surface area (Å²) >= 11 is 0. The van der Waals surface area contributed by atoms with Gasteiger partial charge in [-0.2, -0.15) is 0 Å². The van der Waals surface area contributed by atoms with Crippen LogP contribution in [0.3, 0.4) is 0 Å². The molecule has 144 valence electrons. The number of amides is 1. The van der Waals surface area contributed by atoms with Crippen molar-refractivity contribution in [1.29, 1.82) is 0 Å². The van der Waals surface area contributed by atoms with Crippen LogP contribution in [0.4, 0.5) is 4.79 Å². The van der Waals surface area contributed by atoms with Gasteiger partial charge in [-0.25, -0.2) is 4.79 Å². The Morgan fingerprint density at radius 1 is 1.12 bits per heavy atom. The number of ether oxygens (including phenoxy) is 1. The highest BCUT2D eigenvalue weighted by molar-refractivity contribution is 5.70. The van der Waals surface area contributed by atoms with Crippen molar-refractivity contribution in [1.82, 2.24) is 4.90 Å². The van der Waals surface area contributed by atoms with Crippen LogP contribution in [0, 0.1) is 0 Å². The van der Waals surface area contributed by atoms with Gasteiger partial charge in [0.05, 0.1) is 6.04 Å². The van der Waals surface area contributed by atoms with E-state index in [-0.39, 0.29) is 12.1 Å². The molecule has 2 heterocycles. The fraction of sp³-hybridized carbons (Fsp3) is 0.864. The average molecular weight is 350 g/mol. The second-order valence-corrected chi connectivity index (χ2v) is 8.94. The number of hydrogen-bond donors (Lipinski definition) is 0. The lowest BCUT2D eigenvalue weighted by Gasteiger charge is -2.45. The Labute approximate surface area is 155 Å². The van der Waals surface area contributed by atoms with Crippen LogP contribution in [0.1, 0.15) is 105 Å². The van der Waals surface area contributed by atoms with E-state index in [0.29, 0.717) is 6.04 Å². The van der Waals surface area contributed by atoms with Gasteiger partial charge in [-0.15, -0.1) is 0 Å². The largest absolute Gasteiger partial charge is 0.444 e. The van der Waals surface area contributed by atoms with Gasteiger partial charge in [0.1, 0.15) is 5.60 Å². The third kappa shape index (κ3) is 6.67. The molecule has 3 nitrogen and oxygen atoms in total. The summed E-state index contributed by atoms with van der Waals surface area (Å²) in [6.07, 6.45) is 17.5. The molecule has 1 saturated heterocycles. The number of nitrogens with zero attached hydrogens (tertiary/aromatic N) is 1. The van der Waals surface area contributed by atoms with Crippen LogP contribution in [-0.2, 0) is 4.74 Å². The van der Waals surface area contributed by atoms with E-state index in [4.69, 9.17) is 4.74 Å². The lowest BCUT2D eigenvalue weighted by atomic mass is 9.84. The first-order chi connectivity index (χ1) is 11.9. The minimum atomic E-state index is -0.410. The van der Waals surface area contributed by atoms with Crippen LogP contribution < -0.4 is 0 Å². The van der Waals surface area contributed by atoms with Gasteiger partial charge in [-0.3, -0.25) is 4.90 Å². The standard InChI is InChI=1S/C22H39NO2/c1-5-6-7-8-9-10-11-13-18-16-19-14-12-15-20(17-18)23(19)21(24)25-22(2,3)4/h16,19-20H,5-15,17H2,1-4H3. The monoisotopic (exact) mass is 349 g/mol. The third-order valence-electron chi connectivity index (χ3n) is 5.42. The summed E-state index contributed by atoms with van der Waals surface area (Å²) in [7, 11) is 0. The van der Waals surface area contributed by atoms with Crippen molar-refractivity contribution in [3.05, 3.63) is 11.6 Å². The minimum Gasteiger partial charge on any atom is -0.444 e. The van der Waals surface area contributed by atoms with Crippen molar-refractivity contribution in [2.45, 2.75) is 122 Å². The SMILES string of the molecule is CCCCCCCCCC1=CC2CCCC(C1)N2C(=O)OC(C)(C)C. The zero-order valence-corrected chi connectivity index (χ0v) is 17.0. The summed E-state index contributed by atoms with van der Waals surface area (Å²) < 4.78 is 5.65. The van der Waals surface area contributed by atoms with Gasteiger partial charge in [0.25, 0.3) is 0 Å². The van der Waals surface area contributed by atoms with Gasteiger partial charge in [0.15, 0.2) is 0 Å². The lowest BCUT2D eigenvalue weighted by Crippen LogP contribution is -2.53. The number of carbonyl (C=O) groups is 1. The van der Waals surface area contributed by atoms with Crippen LogP contribution in [-0.4, -0.2) is 28.7 Å². The Kier molecular flexibility index (Phi) is 7.83. The van der Waals surface area contributed by atoms with E-state index in [2.05, 4.69) is 13.0 Å². The Balaban J connectivity index is 1.81. The summed E-state index contributed by atoms with van der Waals surface area (Å²) in [6.45, 7) is 8.12. The van der Waals surface area contributed by atoms with Gasteiger partial charge in [0.2, 0.25) is 0 Å². The number of unbranched alkanes of at least 4 members (excludes halogenated alkanes) is 6. The lowest BCUT2D eigenvalue weighted by molar-refractivity contribution is -0.00159. The van der Waals surface area contributed by atoms with E-state index < -0.39 is 5.60 Å². The molecular formula is C22H39NO2. The van der Waals surface area contributed by atoms with Crippen molar-refractivity contribution < 1.29 is 9.53 Å². The average Bonchev–Trinajstić information content (AvgIpc) is 2.51. The van der Waals surface area contributed by atoms with E-state index in [0.717, 1.165) is 19.3 Å². The van der Waals surface area contributed by atoms with Gasteiger partial charge in [-0.05, 0) is 59.3 Å². The van der Waals surface area contributed by atoms with Gasteiger partial charge in [-0.1, -0.05) is 57.1 Å². The molecule has 1 amide bonds. The Morgan fingerprint density at radius 2 is 1.80 bits per heavy atom. The first-order valence-electron chi connectivity index (χ1n) is 10.6. The number of piperidine rings is 1. The van der Waals surface area contributed by atoms with E-state index in [1.807, 2.05) is 25.7 Å². The van der Waals surface area contributed by atoms with Crippen molar-refractivity contribution >= 4 is 6.09 Å². The van der Waals surface area contributed by atoms with E-state index >= 15 is 0 Å². The molecule has 0 aromatic carbocycles. The topological polar surface area (TPSA) is 29.5 Å². The summed E-state index contributed by atoms with van der Waals surface area (Å²) in [4.78, 5) is 14.6. The molecule has 25 heavy (non-hydrogen) atoms. The molecule has 2 unspecified atom stereocenters. The molecule has 2 bridgehead atoms. The van der Waals surface area contributed by atoms with E-state index in [1.165, 1.54) is 57.8 Å². The maximum absolute atomic E-state index is 12.6. The number of fused-ring (bicyclic) bond motifs is 2. The summed E-state index contributed by atoms with van der Waals surface area (Å²) in [6, 6.07) is 0.625. The number of rotatable bonds is 8. The molecule has 0 spiro atoms. The second-order valence-electron chi connectivity index (χ2n) is 8.94. The molecule has 0 radical (unpaired) electrons. The third-order valence-corrected chi connectivity index (χ3v) is 5.42. The van der Waals surface area contributed by atoms with Gasteiger partial charge >= 0.3 is 6.09 Å². The minimum absolute atomic E-state index is 0.117. The summed E-state index contributed by atoms with van der Waals surface area (Å²) in [5.74, 6) is 0. The molecule has 0 aromatic rings. The van der Waals surface area contributed by atoms with Crippen LogP contribution in [0.5, 0.6) is 0 Å².